The molecule has 2 heteroatoms. The Morgan fingerprint density at radius 3 is 2.50 bits per heavy atom. The molecule has 0 aromatic rings. The minimum Gasteiger partial charge on any atom is -0.316 e. The Labute approximate surface area is 88.1 Å². The van der Waals surface area contributed by atoms with E-state index < -0.39 is 0 Å². The van der Waals surface area contributed by atoms with E-state index in [1.165, 1.54) is 45.4 Å². The first kappa shape index (κ1) is 10.4. The molecule has 2 rings (SSSR count). The lowest BCUT2D eigenvalue weighted by molar-refractivity contribution is 0.149. The molecule has 1 saturated carbocycles. The topological polar surface area (TPSA) is 15.3 Å². The van der Waals surface area contributed by atoms with Crippen molar-refractivity contribution >= 4 is 0 Å². The van der Waals surface area contributed by atoms with Crippen molar-refractivity contribution in [1.82, 2.24) is 10.2 Å². The predicted molar refractivity (Wildman–Crippen MR) is 60.4 cm³/mol. The van der Waals surface area contributed by atoms with Crippen LogP contribution in [0.5, 0.6) is 0 Å². The van der Waals surface area contributed by atoms with Gasteiger partial charge in [-0.15, -0.1) is 0 Å². The summed E-state index contributed by atoms with van der Waals surface area (Å²) in [6.07, 6.45) is 4.42. The Morgan fingerprint density at radius 2 is 2.07 bits per heavy atom. The fourth-order valence-electron chi connectivity index (χ4n) is 2.54. The van der Waals surface area contributed by atoms with Crippen molar-refractivity contribution in [2.75, 3.05) is 33.2 Å². The molecule has 1 heterocycles. The van der Waals surface area contributed by atoms with Crippen molar-refractivity contribution in [2.24, 2.45) is 17.8 Å². The highest BCUT2D eigenvalue weighted by Gasteiger charge is 2.25. The van der Waals surface area contributed by atoms with Gasteiger partial charge in [0.1, 0.15) is 0 Å². The zero-order chi connectivity index (χ0) is 9.97. The molecule has 2 nitrogen and oxygen atoms in total. The van der Waals surface area contributed by atoms with E-state index in [9.17, 15) is 0 Å². The third-order valence-corrected chi connectivity index (χ3v) is 4.01. The van der Waals surface area contributed by atoms with E-state index in [2.05, 4.69) is 24.2 Å². The number of nitrogens with zero attached hydrogens (tertiary/aromatic N) is 1. The van der Waals surface area contributed by atoms with Gasteiger partial charge in [-0.2, -0.15) is 0 Å². The maximum atomic E-state index is 3.36. The molecule has 2 aliphatic rings. The second kappa shape index (κ2) is 4.63. The van der Waals surface area contributed by atoms with E-state index in [0.29, 0.717) is 0 Å². The van der Waals surface area contributed by atoms with Crippen molar-refractivity contribution < 1.29 is 0 Å². The van der Waals surface area contributed by atoms with Gasteiger partial charge in [0.25, 0.3) is 0 Å². The van der Waals surface area contributed by atoms with Crippen molar-refractivity contribution in [1.29, 1.82) is 0 Å². The first-order valence-electron chi connectivity index (χ1n) is 6.15. The van der Waals surface area contributed by atoms with Crippen molar-refractivity contribution in [2.45, 2.75) is 26.2 Å². The molecule has 1 N–H and O–H groups in total. The molecule has 1 saturated heterocycles. The van der Waals surface area contributed by atoms with Crippen LogP contribution in [0.25, 0.3) is 0 Å². The van der Waals surface area contributed by atoms with Crippen molar-refractivity contribution in [3.8, 4) is 0 Å². The van der Waals surface area contributed by atoms with Gasteiger partial charge in [-0.05, 0) is 50.7 Å². The smallest absolute Gasteiger partial charge is 0.000769 e. The molecule has 1 aliphatic heterocycles. The van der Waals surface area contributed by atoms with Crippen molar-refractivity contribution in [3.63, 3.8) is 0 Å². The van der Waals surface area contributed by atoms with Crippen LogP contribution in [0.2, 0.25) is 0 Å². The van der Waals surface area contributed by atoms with E-state index in [4.69, 9.17) is 0 Å². The molecule has 0 aromatic carbocycles. The van der Waals surface area contributed by atoms with Gasteiger partial charge in [0.15, 0.2) is 0 Å². The minimum atomic E-state index is 0.876. The lowest BCUT2D eigenvalue weighted by Gasteiger charge is -2.36. The van der Waals surface area contributed by atoms with E-state index in [-0.39, 0.29) is 0 Å². The van der Waals surface area contributed by atoms with Crippen LogP contribution < -0.4 is 5.32 Å². The molecular weight excluding hydrogens is 172 g/mol. The van der Waals surface area contributed by atoms with Gasteiger partial charge >= 0.3 is 0 Å². The average Bonchev–Trinajstić information content (AvgIpc) is 1.93. The maximum Gasteiger partial charge on any atom is 0.000769 e. The second-order valence-corrected chi connectivity index (χ2v) is 5.41. The van der Waals surface area contributed by atoms with E-state index >= 15 is 0 Å². The van der Waals surface area contributed by atoms with E-state index in [0.717, 1.165) is 17.8 Å². The van der Waals surface area contributed by atoms with Gasteiger partial charge in [-0.1, -0.05) is 13.3 Å². The Morgan fingerprint density at radius 1 is 1.36 bits per heavy atom. The molecule has 0 aromatic heterocycles. The van der Waals surface area contributed by atoms with Crippen LogP contribution in [-0.2, 0) is 0 Å². The highest BCUT2D eigenvalue weighted by Crippen LogP contribution is 2.27. The first-order chi connectivity index (χ1) is 6.75. The monoisotopic (exact) mass is 196 g/mol. The van der Waals surface area contributed by atoms with Gasteiger partial charge < -0.3 is 10.2 Å². The lowest BCUT2D eigenvalue weighted by atomic mass is 9.84. The summed E-state index contributed by atoms with van der Waals surface area (Å²) in [7, 11) is 2.29. The van der Waals surface area contributed by atoms with Crippen LogP contribution in [-0.4, -0.2) is 38.1 Å². The summed E-state index contributed by atoms with van der Waals surface area (Å²) >= 11 is 0. The van der Waals surface area contributed by atoms with Crippen LogP contribution in [0.4, 0.5) is 0 Å². The molecule has 0 bridgehead atoms. The fraction of sp³-hybridized carbons (Fsp3) is 1.00. The largest absolute Gasteiger partial charge is 0.316 e. The minimum absolute atomic E-state index is 0.876. The van der Waals surface area contributed by atoms with Gasteiger partial charge in [0.2, 0.25) is 0 Å². The fourth-order valence-corrected chi connectivity index (χ4v) is 2.54. The summed E-state index contributed by atoms with van der Waals surface area (Å²) in [6.45, 7) is 7.53. The van der Waals surface area contributed by atoms with Crippen LogP contribution >= 0.6 is 0 Å². The summed E-state index contributed by atoms with van der Waals surface area (Å²) in [5.74, 6) is 2.84. The zero-order valence-electron chi connectivity index (χ0n) is 9.63. The highest BCUT2D eigenvalue weighted by atomic mass is 15.1. The molecule has 1 aliphatic carbocycles. The number of hydrogen-bond donors (Lipinski definition) is 1. The Balaban J connectivity index is 1.62. The highest BCUT2D eigenvalue weighted by molar-refractivity contribution is 4.81. The summed E-state index contributed by atoms with van der Waals surface area (Å²) < 4.78 is 0. The third kappa shape index (κ3) is 2.48. The quantitative estimate of drug-likeness (QED) is 0.718. The molecule has 82 valence electrons. The standard InChI is InChI=1S/C12H24N2/c1-10(12-6-13-7-12)8-14(2)9-11-4-3-5-11/h10-13H,3-9H2,1-2H3. The molecular formula is C12H24N2. The van der Waals surface area contributed by atoms with E-state index in [1.807, 2.05) is 0 Å². The normalized spacial score (nSPS) is 25.9. The summed E-state index contributed by atoms with van der Waals surface area (Å²) in [4.78, 5) is 2.55. The number of rotatable bonds is 5. The second-order valence-electron chi connectivity index (χ2n) is 5.41. The third-order valence-electron chi connectivity index (χ3n) is 4.01. The van der Waals surface area contributed by atoms with Crippen LogP contribution in [0.15, 0.2) is 0 Å². The Kier molecular flexibility index (Phi) is 3.45. The maximum absolute atomic E-state index is 3.36. The Bertz CT molecular complexity index is 173. The predicted octanol–water partition coefficient (Wildman–Crippen LogP) is 1.57. The van der Waals surface area contributed by atoms with Gasteiger partial charge in [0.05, 0.1) is 0 Å². The zero-order valence-corrected chi connectivity index (χ0v) is 9.63. The summed E-state index contributed by atoms with van der Waals surface area (Å²) in [6, 6.07) is 0. The Hall–Kier alpha value is -0.0800. The van der Waals surface area contributed by atoms with E-state index in [1.54, 1.807) is 0 Å². The van der Waals surface area contributed by atoms with Crippen LogP contribution in [0.3, 0.4) is 0 Å². The molecule has 14 heavy (non-hydrogen) atoms. The van der Waals surface area contributed by atoms with Gasteiger partial charge in [0, 0.05) is 13.1 Å². The molecule has 1 atom stereocenters. The first-order valence-corrected chi connectivity index (χ1v) is 6.15. The summed E-state index contributed by atoms with van der Waals surface area (Å²) in [5, 5.41) is 3.36. The molecule has 1 unspecified atom stereocenters. The van der Waals surface area contributed by atoms with Gasteiger partial charge in [-0.25, -0.2) is 0 Å². The van der Waals surface area contributed by atoms with Crippen molar-refractivity contribution in [3.05, 3.63) is 0 Å². The molecule has 0 spiro atoms. The summed E-state index contributed by atoms with van der Waals surface area (Å²) in [5.41, 5.74) is 0. The molecule has 2 fully saturated rings. The lowest BCUT2D eigenvalue weighted by Crippen LogP contribution is -2.48. The average molecular weight is 196 g/mol. The van der Waals surface area contributed by atoms with Crippen LogP contribution in [0, 0.1) is 17.8 Å². The molecule has 0 radical (unpaired) electrons. The number of hydrogen-bond acceptors (Lipinski definition) is 2. The van der Waals surface area contributed by atoms with Gasteiger partial charge in [-0.3, -0.25) is 0 Å². The number of nitrogens with one attached hydrogen (secondary N) is 1. The molecule has 0 amide bonds. The van der Waals surface area contributed by atoms with Crippen LogP contribution in [0.1, 0.15) is 26.2 Å². The SMILES string of the molecule is CC(CN(C)CC1CCC1)C1CNC1.